The van der Waals surface area contributed by atoms with Crippen molar-refractivity contribution in [3.8, 4) is 11.5 Å². The van der Waals surface area contributed by atoms with E-state index in [2.05, 4.69) is 10.5 Å². The highest BCUT2D eigenvalue weighted by atomic mass is 19.1. The molecule has 0 spiro atoms. The number of methoxy groups -OCH3 is 1. The number of benzene rings is 2. The number of carbonyl (C=O) groups excluding carboxylic acids is 1. The van der Waals surface area contributed by atoms with E-state index < -0.39 is 5.82 Å². The second-order valence-corrected chi connectivity index (χ2v) is 4.50. The number of amides is 1. The molecule has 0 radical (unpaired) electrons. The fourth-order valence-electron chi connectivity index (χ4n) is 1.88. The normalized spacial score (nSPS) is 10.6. The van der Waals surface area contributed by atoms with Crippen LogP contribution >= 0.6 is 0 Å². The summed E-state index contributed by atoms with van der Waals surface area (Å²) in [6, 6.07) is 10.8. The van der Waals surface area contributed by atoms with Crippen molar-refractivity contribution in [1.29, 1.82) is 0 Å². The lowest BCUT2D eigenvalue weighted by atomic mass is 10.1. The minimum absolute atomic E-state index is 0.0557. The first-order valence-electron chi connectivity index (χ1n) is 6.52. The maximum absolute atomic E-state index is 13.6. The van der Waals surface area contributed by atoms with Gasteiger partial charge < -0.3 is 9.84 Å². The highest BCUT2D eigenvalue weighted by molar-refractivity contribution is 5.86. The Kier molecular flexibility index (Phi) is 5.08. The topological polar surface area (TPSA) is 70.9 Å². The SMILES string of the molecule is COc1cccc(F)c1C=NNC(=O)Cc1cccc(O)c1. The molecule has 6 heteroatoms. The molecule has 0 aliphatic rings. The van der Waals surface area contributed by atoms with Gasteiger partial charge in [0.15, 0.2) is 0 Å². The van der Waals surface area contributed by atoms with Crippen molar-refractivity contribution in [3.63, 3.8) is 0 Å². The first kappa shape index (κ1) is 15.5. The van der Waals surface area contributed by atoms with Crippen LogP contribution in [0, 0.1) is 5.82 Å². The number of carbonyl (C=O) groups is 1. The maximum atomic E-state index is 13.6. The van der Waals surface area contributed by atoms with E-state index in [0.717, 1.165) is 0 Å². The number of rotatable bonds is 5. The van der Waals surface area contributed by atoms with Crippen LogP contribution in [0.4, 0.5) is 4.39 Å². The van der Waals surface area contributed by atoms with Gasteiger partial charge in [0.25, 0.3) is 0 Å². The molecule has 0 fully saturated rings. The molecule has 0 aliphatic heterocycles. The van der Waals surface area contributed by atoms with Gasteiger partial charge in [-0.05, 0) is 29.8 Å². The fourth-order valence-corrected chi connectivity index (χ4v) is 1.88. The third-order valence-electron chi connectivity index (χ3n) is 2.89. The monoisotopic (exact) mass is 302 g/mol. The molecule has 0 bridgehead atoms. The maximum Gasteiger partial charge on any atom is 0.244 e. The van der Waals surface area contributed by atoms with Crippen molar-refractivity contribution in [2.45, 2.75) is 6.42 Å². The van der Waals surface area contributed by atoms with E-state index in [0.29, 0.717) is 11.3 Å². The molecule has 2 aromatic carbocycles. The summed E-state index contributed by atoms with van der Waals surface area (Å²) in [7, 11) is 1.42. The number of aromatic hydroxyl groups is 1. The molecular formula is C16H15FN2O3. The average molecular weight is 302 g/mol. The molecule has 0 saturated heterocycles. The third kappa shape index (κ3) is 4.05. The molecule has 0 aliphatic carbocycles. The van der Waals surface area contributed by atoms with E-state index in [4.69, 9.17) is 4.74 Å². The van der Waals surface area contributed by atoms with Crippen LogP contribution in [0.3, 0.4) is 0 Å². The fraction of sp³-hybridized carbons (Fsp3) is 0.125. The number of nitrogens with one attached hydrogen (secondary N) is 1. The number of hydrogen-bond acceptors (Lipinski definition) is 4. The first-order valence-corrected chi connectivity index (χ1v) is 6.52. The van der Waals surface area contributed by atoms with Gasteiger partial charge in [0.05, 0.1) is 25.3 Å². The lowest BCUT2D eigenvalue weighted by Gasteiger charge is -2.05. The van der Waals surface area contributed by atoms with Crippen LogP contribution in [0.15, 0.2) is 47.6 Å². The summed E-state index contributed by atoms with van der Waals surface area (Å²) in [6.07, 6.45) is 1.24. The summed E-state index contributed by atoms with van der Waals surface area (Å²) < 4.78 is 18.7. The Morgan fingerprint density at radius 2 is 2.14 bits per heavy atom. The molecule has 2 rings (SSSR count). The minimum atomic E-state index is -0.495. The van der Waals surface area contributed by atoms with Crippen molar-refractivity contribution in [2.24, 2.45) is 5.10 Å². The Hall–Kier alpha value is -2.89. The van der Waals surface area contributed by atoms with Crippen molar-refractivity contribution in [1.82, 2.24) is 5.43 Å². The summed E-state index contributed by atoms with van der Waals surface area (Å²) in [5.41, 5.74) is 3.11. The van der Waals surface area contributed by atoms with Gasteiger partial charge in [-0.2, -0.15) is 5.10 Å². The number of hydrazone groups is 1. The highest BCUT2D eigenvalue weighted by Gasteiger charge is 2.07. The van der Waals surface area contributed by atoms with Gasteiger partial charge >= 0.3 is 0 Å². The number of ether oxygens (including phenoxy) is 1. The van der Waals surface area contributed by atoms with Crippen molar-refractivity contribution in [2.75, 3.05) is 7.11 Å². The Labute approximate surface area is 127 Å². The standard InChI is InChI=1S/C16H15FN2O3/c1-22-15-7-3-6-14(17)13(15)10-18-19-16(21)9-11-4-2-5-12(20)8-11/h2-8,10,20H,9H2,1H3,(H,19,21). The second kappa shape index (κ2) is 7.21. The molecule has 0 unspecified atom stereocenters. The average Bonchev–Trinajstić information content (AvgIpc) is 2.48. The van der Waals surface area contributed by atoms with E-state index in [1.807, 2.05) is 0 Å². The van der Waals surface area contributed by atoms with E-state index in [1.165, 1.54) is 37.6 Å². The van der Waals surface area contributed by atoms with Crippen LogP contribution in [0.5, 0.6) is 11.5 Å². The van der Waals surface area contributed by atoms with Gasteiger partial charge in [0.2, 0.25) is 5.91 Å². The molecule has 2 N–H and O–H groups in total. The summed E-state index contributed by atoms with van der Waals surface area (Å²) in [6.45, 7) is 0. The number of phenols is 1. The van der Waals surface area contributed by atoms with Crippen LogP contribution in [0.1, 0.15) is 11.1 Å². The van der Waals surface area contributed by atoms with E-state index >= 15 is 0 Å². The predicted octanol–water partition coefficient (Wildman–Crippen LogP) is 2.23. The number of phenolic OH excluding ortho intramolecular Hbond substituents is 1. The molecule has 22 heavy (non-hydrogen) atoms. The molecule has 2 aromatic rings. The van der Waals surface area contributed by atoms with Gasteiger partial charge in [-0.25, -0.2) is 9.82 Å². The van der Waals surface area contributed by atoms with E-state index in [-0.39, 0.29) is 23.6 Å². The van der Waals surface area contributed by atoms with Crippen molar-refractivity contribution < 1.29 is 19.0 Å². The van der Waals surface area contributed by atoms with Crippen LogP contribution in [0.2, 0.25) is 0 Å². The summed E-state index contributed by atoms with van der Waals surface area (Å²) in [4.78, 5) is 11.7. The first-order chi connectivity index (χ1) is 10.6. The lowest BCUT2D eigenvalue weighted by Crippen LogP contribution is -2.19. The van der Waals surface area contributed by atoms with E-state index in [1.54, 1.807) is 18.2 Å². The molecule has 0 heterocycles. The molecular weight excluding hydrogens is 287 g/mol. The molecule has 0 atom stereocenters. The van der Waals surface area contributed by atoms with Crippen molar-refractivity contribution >= 4 is 12.1 Å². The lowest BCUT2D eigenvalue weighted by molar-refractivity contribution is -0.120. The molecule has 114 valence electrons. The van der Waals surface area contributed by atoms with Gasteiger partial charge in [-0.3, -0.25) is 4.79 Å². The largest absolute Gasteiger partial charge is 0.508 e. The minimum Gasteiger partial charge on any atom is -0.508 e. The highest BCUT2D eigenvalue weighted by Crippen LogP contribution is 2.18. The predicted molar refractivity (Wildman–Crippen MR) is 80.5 cm³/mol. The van der Waals surface area contributed by atoms with Crippen LogP contribution in [0.25, 0.3) is 0 Å². The Morgan fingerprint density at radius 3 is 2.86 bits per heavy atom. The smallest absolute Gasteiger partial charge is 0.244 e. The second-order valence-electron chi connectivity index (χ2n) is 4.50. The van der Waals surface area contributed by atoms with Gasteiger partial charge in [0.1, 0.15) is 17.3 Å². The number of hydrogen-bond donors (Lipinski definition) is 2. The third-order valence-corrected chi connectivity index (χ3v) is 2.89. The van der Waals surface area contributed by atoms with Gasteiger partial charge in [-0.1, -0.05) is 18.2 Å². The zero-order chi connectivity index (χ0) is 15.9. The molecule has 1 amide bonds. The summed E-state index contributed by atoms with van der Waals surface area (Å²) in [5, 5.41) is 13.0. The summed E-state index contributed by atoms with van der Waals surface area (Å²) in [5.74, 6) is -0.460. The Morgan fingerprint density at radius 1 is 1.36 bits per heavy atom. The molecule has 5 nitrogen and oxygen atoms in total. The zero-order valence-corrected chi connectivity index (χ0v) is 11.9. The Balaban J connectivity index is 1.99. The van der Waals surface area contributed by atoms with Crippen LogP contribution < -0.4 is 10.2 Å². The van der Waals surface area contributed by atoms with Gasteiger partial charge in [0, 0.05) is 0 Å². The zero-order valence-electron chi connectivity index (χ0n) is 11.9. The number of halogens is 1. The van der Waals surface area contributed by atoms with E-state index in [9.17, 15) is 14.3 Å². The molecule has 0 aromatic heterocycles. The van der Waals surface area contributed by atoms with Crippen LogP contribution in [-0.4, -0.2) is 24.3 Å². The quantitative estimate of drug-likeness (QED) is 0.657. The van der Waals surface area contributed by atoms with Crippen LogP contribution in [-0.2, 0) is 11.2 Å². The van der Waals surface area contributed by atoms with Crippen molar-refractivity contribution in [3.05, 3.63) is 59.4 Å². The Bertz CT molecular complexity index is 702. The number of nitrogens with zero attached hydrogens (tertiary/aromatic N) is 1. The van der Waals surface area contributed by atoms with Gasteiger partial charge in [-0.15, -0.1) is 0 Å². The molecule has 0 saturated carbocycles. The summed E-state index contributed by atoms with van der Waals surface area (Å²) >= 11 is 0.